The van der Waals surface area contributed by atoms with Crippen LogP contribution in [0.25, 0.3) is 0 Å². The number of carbonyl (C=O) groups is 3. The van der Waals surface area contributed by atoms with Gasteiger partial charge in [-0.15, -0.1) is 12.4 Å². The van der Waals surface area contributed by atoms with Gasteiger partial charge in [0.2, 0.25) is 5.91 Å². The minimum absolute atomic E-state index is 0. The van der Waals surface area contributed by atoms with Crippen LogP contribution in [-0.2, 0) is 14.4 Å². The molecule has 3 rings (SSSR count). The Kier molecular flexibility index (Phi) is 8.26. The van der Waals surface area contributed by atoms with Crippen molar-refractivity contribution in [2.75, 3.05) is 19.6 Å². The Bertz CT molecular complexity index is 686. The summed E-state index contributed by atoms with van der Waals surface area (Å²) in [6, 6.07) is 7.87. The van der Waals surface area contributed by atoms with E-state index >= 15 is 0 Å². The number of amides is 2. The molecule has 7 nitrogen and oxygen atoms in total. The van der Waals surface area contributed by atoms with Gasteiger partial charge in [0.05, 0.1) is 0 Å². The van der Waals surface area contributed by atoms with Crippen molar-refractivity contribution in [3.8, 4) is 5.75 Å². The first kappa shape index (κ1) is 22.2. The lowest BCUT2D eigenvalue weighted by Crippen LogP contribution is -2.46. The summed E-state index contributed by atoms with van der Waals surface area (Å²) in [7, 11) is 0. The van der Waals surface area contributed by atoms with Crippen molar-refractivity contribution >= 4 is 30.2 Å². The highest BCUT2D eigenvalue weighted by atomic mass is 35.5. The number of aliphatic carboxylic acids is 1. The number of benzene rings is 1. The maximum Gasteiger partial charge on any atom is 0.303 e. The van der Waals surface area contributed by atoms with Crippen LogP contribution in [0.15, 0.2) is 24.3 Å². The number of carboxylic acid groups (broad SMARTS) is 1. The van der Waals surface area contributed by atoms with E-state index in [1.165, 1.54) is 5.56 Å². The molecule has 2 N–H and O–H groups in total. The smallest absolute Gasteiger partial charge is 0.303 e. The molecule has 0 saturated carbocycles. The summed E-state index contributed by atoms with van der Waals surface area (Å²) in [5, 5.41) is 11.0. The highest BCUT2D eigenvalue weighted by Crippen LogP contribution is 2.29. The second kappa shape index (κ2) is 10.4. The molecule has 2 aliphatic rings. The van der Waals surface area contributed by atoms with Gasteiger partial charge in [0, 0.05) is 19.3 Å². The number of rotatable bonds is 7. The van der Waals surface area contributed by atoms with Crippen molar-refractivity contribution in [3.05, 3.63) is 29.8 Å². The molecule has 1 aromatic rings. The van der Waals surface area contributed by atoms with Crippen molar-refractivity contribution in [1.82, 2.24) is 10.2 Å². The minimum Gasteiger partial charge on any atom is -0.481 e. The zero-order valence-electron chi connectivity index (χ0n) is 15.8. The lowest BCUT2D eigenvalue weighted by molar-refractivity contribution is -0.139. The molecular formula is C20H27ClN2O5. The van der Waals surface area contributed by atoms with Crippen molar-refractivity contribution in [2.24, 2.45) is 0 Å². The first-order valence-electron chi connectivity index (χ1n) is 9.56. The Hall–Kier alpha value is -2.12. The van der Waals surface area contributed by atoms with Crippen molar-refractivity contribution in [1.29, 1.82) is 0 Å². The minimum atomic E-state index is -0.732. The van der Waals surface area contributed by atoms with Gasteiger partial charge in [-0.1, -0.05) is 12.1 Å². The number of likely N-dealkylation sites (tertiary alicyclic amines) is 1. The van der Waals surface area contributed by atoms with E-state index in [0.717, 1.165) is 32.5 Å². The molecule has 0 aliphatic carbocycles. The van der Waals surface area contributed by atoms with Gasteiger partial charge in [0.25, 0.3) is 5.91 Å². The molecule has 2 fully saturated rings. The number of hydrogen-bond acceptors (Lipinski definition) is 5. The average molecular weight is 411 g/mol. The molecule has 28 heavy (non-hydrogen) atoms. The van der Waals surface area contributed by atoms with Crippen molar-refractivity contribution in [3.63, 3.8) is 0 Å². The fourth-order valence-electron chi connectivity index (χ4n) is 3.71. The number of carbonyl (C=O) groups excluding carboxylic acids is 2. The van der Waals surface area contributed by atoms with Crippen LogP contribution in [0.4, 0.5) is 0 Å². The summed E-state index contributed by atoms with van der Waals surface area (Å²) in [5.74, 6) is -0.218. The average Bonchev–Trinajstić information content (AvgIpc) is 2.65. The van der Waals surface area contributed by atoms with Gasteiger partial charge in [-0.2, -0.15) is 0 Å². The molecule has 2 amide bonds. The number of halogens is 1. The van der Waals surface area contributed by atoms with Crippen LogP contribution in [0.1, 0.15) is 50.0 Å². The molecule has 2 heterocycles. The number of carboxylic acids is 1. The molecule has 0 spiro atoms. The zero-order valence-corrected chi connectivity index (χ0v) is 16.6. The van der Waals surface area contributed by atoms with Crippen LogP contribution in [0.2, 0.25) is 0 Å². The first-order chi connectivity index (χ1) is 13.0. The number of nitrogens with one attached hydrogen (secondary N) is 1. The van der Waals surface area contributed by atoms with Crippen LogP contribution < -0.4 is 10.1 Å². The SMILES string of the molecule is Cl.O=C(O)CCCN1CCC(c2ccc(OC3CCC(=O)NC3=O)cc2)CC1. The Morgan fingerprint density at radius 3 is 2.43 bits per heavy atom. The summed E-state index contributed by atoms with van der Waals surface area (Å²) in [5.41, 5.74) is 1.26. The lowest BCUT2D eigenvalue weighted by atomic mass is 9.89. The molecular weight excluding hydrogens is 384 g/mol. The third-order valence-electron chi connectivity index (χ3n) is 5.27. The normalized spacial score (nSPS) is 20.9. The number of ether oxygens (including phenoxy) is 1. The molecule has 0 aromatic heterocycles. The number of piperidine rings is 2. The predicted molar refractivity (Wildman–Crippen MR) is 106 cm³/mol. The molecule has 1 aromatic carbocycles. The monoisotopic (exact) mass is 410 g/mol. The molecule has 8 heteroatoms. The van der Waals surface area contributed by atoms with Crippen LogP contribution in [0.3, 0.4) is 0 Å². The Morgan fingerprint density at radius 1 is 1.14 bits per heavy atom. The zero-order chi connectivity index (χ0) is 19.2. The standard InChI is InChI=1S/C20H26N2O5.ClH/c23-18-8-7-17(20(26)21-18)27-16-5-3-14(4-6-16)15-9-12-22(13-10-15)11-1-2-19(24)25;/h3-6,15,17H,1-2,7-13H2,(H,24,25)(H,21,23,26);1H. The van der Waals surface area contributed by atoms with Crippen molar-refractivity contribution in [2.45, 2.75) is 50.5 Å². The van der Waals surface area contributed by atoms with E-state index < -0.39 is 12.1 Å². The van der Waals surface area contributed by atoms with Gasteiger partial charge >= 0.3 is 5.97 Å². The van der Waals surface area contributed by atoms with Crippen LogP contribution in [0.5, 0.6) is 5.75 Å². The number of hydrogen-bond donors (Lipinski definition) is 2. The summed E-state index contributed by atoms with van der Waals surface area (Å²) in [4.78, 5) is 35.9. The molecule has 154 valence electrons. The highest BCUT2D eigenvalue weighted by Gasteiger charge is 2.28. The van der Waals surface area contributed by atoms with Gasteiger partial charge in [-0.05, 0) is 62.5 Å². The fourth-order valence-corrected chi connectivity index (χ4v) is 3.71. The summed E-state index contributed by atoms with van der Waals surface area (Å²) in [6.07, 6.45) is 3.15. The largest absolute Gasteiger partial charge is 0.481 e. The molecule has 2 saturated heterocycles. The van der Waals surface area contributed by atoms with Gasteiger partial charge in [-0.3, -0.25) is 19.7 Å². The van der Waals surface area contributed by atoms with Crippen LogP contribution >= 0.6 is 12.4 Å². The summed E-state index contributed by atoms with van der Waals surface area (Å²) in [6.45, 7) is 2.81. The van der Waals surface area contributed by atoms with E-state index in [1.807, 2.05) is 24.3 Å². The Morgan fingerprint density at radius 2 is 1.82 bits per heavy atom. The van der Waals surface area contributed by atoms with Crippen LogP contribution in [0, 0.1) is 0 Å². The van der Waals surface area contributed by atoms with Gasteiger partial charge in [0.15, 0.2) is 6.10 Å². The summed E-state index contributed by atoms with van der Waals surface area (Å²) < 4.78 is 5.72. The maximum atomic E-state index is 11.8. The topological polar surface area (TPSA) is 95.9 Å². The molecule has 1 atom stereocenters. The number of nitrogens with zero attached hydrogens (tertiary/aromatic N) is 1. The van der Waals surface area contributed by atoms with Crippen molar-refractivity contribution < 1.29 is 24.2 Å². The molecule has 0 radical (unpaired) electrons. The van der Waals surface area contributed by atoms with E-state index in [-0.39, 0.29) is 30.6 Å². The Balaban J connectivity index is 0.00000280. The number of imide groups is 1. The van der Waals surface area contributed by atoms with E-state index in [0.29, 0.717) is 30.9 Å². The van der Waals surface area contributed by atoms with E-state index in [1.54, 1.807) is 0 Å². The highest BCUT2D eigenvalue weighted by molar-refractivity contribution is 5.99. The quantitative estimate of drug-likeness (QED) is 0.670. The fraction of sp³-hybridized carbons (Fsp3) is 0.550. The van der Waals surface area contributed by atoms with E-state index in [4.69, 9.17) is 9.84 Å². The van der Waals surface area contributed by atoms with E-state index in [9.17, 15) is 14.4 Å². The van der Waals surface area contributed by atoms with Gasteiger partial charge in [0.1, 0.15) is 5.75 Å². The Labute approximate surface area is 170 Å². The third-order valence-corrected chi connectivity index (χ3v) is 5.27. The van der Waals surface area contributed by atoms with Crippen LogP contribution in [-0.4, -0.2) is 53.5 Å². The lowest BCUT2D eigenvalue weighted by Gasteiger charge is -2.32. The first-order valence-corrected chi connectivity index (χ1v) is 9.56. The van der Waals surface area contributed by atoms with Gasteiger partial charge in [-0.25, -0.2) is 0 Å². The maximum absolute atomic E-state index is 11.8. The van der Waals surface area contributed by atoms with E-state index in [2.05, 4.69) is 10.2 Å². The summed E-state index contributed by atoms with van der Waals surface area (Å²) >= 11 is 0. The van der Waals surface area contributed by atoms with Gasteiger partial charge < -0.3 is 14.7 Å². The predicted octanol–water partition coefficient (Wildman–Crippen LogP) is 2.34. The molecule has 0 bridgehead atoms. The second-order valence-corrected chi connectivity index (χ2v) is 7.24. The second-order valence-electron chi connectivity index (χ2n) is 7.24. The molecule has 2 aliphatic heterocycles. The molecule has 1 unspecified atom stereocenters. The third kappa shape index (κ3) is 6.21.